The average Bonchev–Trinajstić information content (AvgIpc) is 3.20. The fraction of sp³-hybridized carbons (Fsp3) is 0. The predicted molar refractivity (Wildman–Crippen MR) is 200 cm³/mol. The van der Waals surface area contributed by atoms with Crippen LogP contribution in [0, 0.1) is 0 Å². The maximum atomic E-state index is 16.1. The zero-order valence-corrected chi connectivity index (χ0v) is 29.9. The molecule has 0 aliphatic carbocycles. The summed E-state index contributed by atoms with van der Waals surface area (Å²) in [7, 11) is -8.20. The van der Waals surface area contributed by atoms with E-state index in [1.54, 1.807) is 146 Å². The van der Waals surface area contributed by atoms with E-state index in [4.69, 9.17) is 27.1 Å². The van der Waals surface area contributed by atoms with Crippen LogP contribution in [0.1, 0.15) is 0 Å². The van der Waals surface area contributed by atoms with Crippen LogP contribution < -0.4 is 43.1 Å². The number of pyridine rings is 4. The largest absolute Gasteiger partial charge is 0.532 e. The van der Waals surface area contributed by atoms with E-state index in [0.29, 0.717) is 15.9 Å². The lowest BCUT2D eigenvalue weighted by atomic mass is 10.3. The van der Waals surface area contributed by atoms with Crippen LogP contribution in [0.3, 0.4) is 0 Å². The molecule has 0 atom stereocenters. The van der Waals surface area contributed by atoms with Crippen LogP contribution in [0.15, 0.2) is 176 Å². The van der Waals surface area contributed by atoms with Crippen LogP contribution in [-0.2, 0) is 4.57 Å². The van der Waals surface area contributed by atoms with Gasteiger partial charge in [-0.1, -0.05) is 78.9 Å². The first-order chi connectivity index (χ1) is 25.6. The lowest BCUT2D eigenvalue weighted by molar-refractivity contribution is 0.376. The third kappa shape index (κ3) is 8.53. The zero-order valence-electron chi connectivity index (χ0n) is 27.2. The van der Waals surface area contributed by atoms with Crippen molar-refractivity contribution in [2.24, 2.45) is 0 Å². The highest BCUT2D eigenvalue weighted by Gasteiger charge is 2.38. The van der Waals surface area contributed by atoms with Gasteiger partial charge in [0.2, 0.25) is 23.5 Å². The van der Waals surface area contributed by atoms with Gasteiger partial charge in [0.05, 0.1) is 10.6 Å². The topological polar surface area (TPSA) is 124 Å². The van der Waals surface area contributed by atoms with Crippen LogP contribution in [0.5, 0.6) is 35.0 Å². The van der Waals surface area contributed by atoms with E-state index in [2.05, 4.69) is 19.9 Å². The van der Waals surface area contributed by atoms with Crippen molar-refractivity contribution in [1.82, 2.24) is 19.9 Å². The minimum Gasteiger partial charge on any atom is -0.408 e. The van der Waals surface area contributed by atoms with Crippen molar-refractivity contribution in [3.8, 4) is 35.0 Å². The number of hydrogen-bond acceptors (Lipinski definition) is 11. The van der Waals surface area contributed by atoms with Crippen molar-refractivity contribution < 1.29 is 31.7 Å². The second-order valence-electron chi connectivity index (χ2n) is 10.5. The first-order valence-electron chi connectivity index (χ1n) is 15.8. The molecule has 0 radical (unpaired) electrons. The van der Waals surface area contributed by atoms with Crippen molar-refractivity contribution in [1.29, 1.82) is 0 Å². The Labute approximate surface area is 302 Å². The summed E-state index contributed by atoms with van der Waals surface area (Å²) in [5, 5.41) is 1.28. The van der Waals surface area contributed by atoms with Crippen LogP contribution in [-0.4, -0.2) is 19.9 Å². The number of aromatic nitrogens is 4. The first kappa shape index (κ1) is 34.6. The number of benzene rings is 3. The van der Waals surface area contributed by atoms with Crippen molar-refractivity contribution in [2.45, 2.75) is 0 Å². The molecule has 4 heterocycles. The standard InChI is InChI=1S/C38H29N4O7P3/c43-52(30-16-2-1-3-17-30,33-20-6-4-18-31(33)44-50(46-35-22-8-12-26-39-35)47-36-23-9-13-27-40-36)34-21-7-5-19-32(34)45-51(48-37-24-10-14-28-41-37)49-38-25-11-15-29-42-38/h1-29H. The summed E-state index contributed by atoms with van der Waals surface area (Å²) in [6, 6.07) is 44.2. The number of nitrogens with zero attached hydrogens (tertiary/aromatic N) is 4. The SMILES string of the molecule is O=P(c1ccccc1)(c1ccccc1OP(Oc1ccccn1)Oc1ccccn1)c1ccccc1OP(Oc1ccccn1)Oc1ccccn1. The molecule has 0 saturated heterocycles. The molecule has 0 N–H and O–H groups in total. The molecule has 0 aliphatic heterocycles. The molecule has 7 aromatic rings. The number of para-hydroxylation sites is 2. The van der Waals surface area contributed by atoms with Crippen molar-refractivity contribution >= 4 is 40.3 Å². The lowest BCUT2D eigenvalue weighted by Crippen LogP contribution is -2.27. The molecule has 0 saturated carbocycles. The maximum Gasteiger partial charge on any atom is 0.532 e. The fourth-order valence-corrected chi connectivity index (χ4v) is 9.73. The second-order valence-corrected chi connectivity index (χ2v) is 15.2. The molecule has 11 nitrogen and oxygen atoms in total. The first-order valence-corrected chi connectivity index (χ1v) is 19.7. The van der Waals surface area contributed by atoms with Gasteiger partial charge in [0.25, 0.3) is 0 Å². The lowest BCUT2D eigenvalue weighted by Gasteiger charge is -2.26. The summed E-state index contributed by atoms with van der Waals surface area (Å²) in [5.41, 5.74) is 0. The van der Waals surface area contributed by atoms with Gasteiger partial charge in [0.1, 0.15) is 11.5 Å². The molecular weight excluding hydrogens is 717 g/mol. The minimum absolute atomic E-state index is 0.263. The molecule has 14 heteroatoms. The number of rotatable bonds is 15. The predicted octanol–water partition coefficient (Wildman–Crippen LogP) is 8.43. The van der Waals surface area contributed by atoms with Crippen LogP contribution >= 0.6 is 24.3 Å². The Morgan fingerprint density at radius 3 is 1.04 bits per heavy atom. The molecule has 0 amide bonds. The van der Waals surface area contributed by atoms with Gasteiger partial charge in [-0.15, -0.1) is 0 Å². The van der Waals surface area contributed by atoms with E-state index >= 15 is 4.57 Å². The summed E-state index contributed by atoms with van der Waals surface area (Å²) >= 11 is 0. The number of hydrogen-bond donors (Lipinski definition) is 0. The zero-order chi connectivity index (χ0) is 35.4. The second kappa shape index (κ2) is 16.9. The van der Waals surface area contributed by atoms with Crippen molar-refractivity contribution in [2.75, 3.05) is 0 Å². The normalized spacial score (nSPS) is 11.1. The molecule has 258 valence electrons. The van der Waals surface area contributed by atoms with E-state index in [0.717, 1.165) is 0 Å². The van der Waals surface area contributed by atoms with Gasteiger partial charge in [-0.3, -0.25) is 0 Å². The molecule has 0 aliphatic rings. The summed E-state index contributed by atoms with van der Waals surface area (Å²) in [5.74, 6) is 1.64. The molecule has 4 aromatic heterocycles. The molecule has 0 bridgehead atoms. The summed E-state index contributed by atoms with van der Waals surface area (Å²) in [6.07, 6.45) is 6.40. The maximum absolute atomic E-state index is 16.1. The van der Waals surface area contributed by atoms with Gasteiger partial charge in [-0.05, 0) is 48.5 Å². The van der Waals surface area contributed by atoms with E-state index in [1.165, 1.54) is 0 Å². The van der Waals surface area contributed by atoms with Crippen LogP contribution in [0.2, 0.25) is 0 Å². The third-order valence-corrected chi connectivity index (χ3v) is 12.3. The molecule has 3 aromatic carbocycles. The van der Waals surface area contributed by atoms with Gasteiger partial charge >= 0.3 is 17.2 Å². The Balaban J connectivity index is 1.30. The summed E-state index contributed by atoms with van der Waals surface area (Å²) < 4.78 is 53.5. The Hall–Kier alpha value is -5.85. The van der Waals surface area contributed by atoms with Crippen LogP contribution in [0.4, 0.5) is 0 Å². The van der Waals surface area contributed by atoms with Crippen molar-refractivity contribution in [3.63, 3.8) is 0 Å². The molecule has 0 spiro atoms. The van der Waals surface area contributed by atoms with Gasteiger partial charge in [-0.25, -0.2) is 19.9 Å². The van der Waals surface area contributed by atoms with E-state index < -0.39 is 24.3 Å². The Morgan fingerprint density at radius 1 is 0.365 bits per heavy atom. The van der Waals surface area contributed by atoms with Gasteiger partial charge in [-0.2, -0.15) is 0 Å². The van der Waals surface area contributed by atoms with Crippen LogP contribution in [0.25, 0.3) is 0 Å². The molecular formula is C38H29N4O7P3. The van der Waals surface area contributed by atoms with Gasteiger partial charge in [0, 0.05) is 54.4 Å². The minimum atomic E-state index is -3.81. The van der Waals surface area contributed by atoms with Gasteiger partial charge in [0.15, 0.2) is 7.14 Å². The third-order valence-electron chi connectivity index (χ3n) is 7.10. The Bertz CT molecular complexity index is 1990. The fourth-order valence-electron chi connectivity index (χ4n) is 4.82. The van der Waals surface area contributed by atoms with E-state index in [1.807, 2.05) is 30.3 Å². The molecule has 0 unspecified atom stereocenters. The average molecular weight is 747 g/mol. The Morgan fingerprint density at radius 2 is 0.692 bits per heavy atom. The smallest absolute Gasteiger partial charge is 0.408 e. The Kier molecular flexibility index (Phi) is 11.2. The highest BCUT2D eigenvalue weighted by molar-refractivity contribution is 7.85. The molecule has 52 heavy (non-hydrogen) atoms. The molecule has 0 fully saturated rings. The monoisotopic (exact) mass is 746 g/mol. The summed E-state index contributed by atoms with van der Waals surface area (Å²) in [6.45, 7) is 0. The highest BCUT2D eigenvalue weighted by Crippen LogP contribution is 2.52. The molecule has 7 rings (SSSR count). The summed E-state index contributed by atoms with van der Waals surface area (Å²) in [4.78, 5) is 17.1. The van der Waals surface area contributed by atoms with Crippen molar-refractivity contribution in [3.05, 3.63) is 176 Å². The van der Waals surface area contributed by atoms with E-state index in [9.17, 15) is 0 Å². The quantitative estimate of drug-likeness (QED) is 0.0940. The highest BCUT2D eigenvalue weighted by atomic mass is 31.2. The van der Waals surface area contributed by atoms with Gasteiger partial charge < -0.3 is 31.7 Å². The van der Waals surface area contributed by atoms with E-state index in [-0.39, 0.29) is 35.0 Å².